The number of hydrogen-bond acceptors (Lipinski definition) is 9. The largest absolute Gasteiger partial charge is 0.443 e. The van der Waals surface area contributed by atoms with Gasteiger partial charge in [0, 0.05) is 12.1 Å². The molecule has 0 aliphatic rings. The number of ether oxygens (including phenoxy) is 4. The minimum atomic E-state index is -3.95. The van der Waals surface area contributed by atoms with Crippen LogP contribution in [0.1, 0.15) is 31.9 Å². The Kier molecular flexibility index (Phi) is 14.3. The summed E-state index contributed by atoms with van der Waals surface area (Å²) in [5.41, 5.74) is 1.80. The molecule has 0 unspecified atom stereocenters. The summed E-state index contributed by atoms with van der Waals surface area (Å²) in [5.74, 6) is 0. The highest BCUT2D eigenvalue weighted by Gasteiger charge is 2.53. The monoisotopic (exact) mass is 705 g/mol. The van der Waals surface area contributed by atoms with Crippen LogP contribution in [0.15, 0.2) is 126 Å². The summed E-state index contributed by atoms with van der Waals surface area (Å²) in [7, 11) is -5.51. The zero-order chi connectivity index (χ0) is 35.2. The molecule has 0 aliphatic heterocycles. The van der Waals surface area contributed by atoms with Crippen molar-refractivity contribution in [1.82, 2.24) is 0 Å². The van der Waals surface area contributed by atoms with E-state index >= 15 is 0 Å². The van der Waals surface area contributed by atoms with Gasteiger partial charge in [0.05, 0.1) is 32.3 Å². The van der Waals surface area contributed by atoms with E-state index in [0.29, 0.717) is 0 Å². The van der Waals surface area contributed by atoms with Crippen molar-refractivity contribution >= 4 is 35.0 Å². The van der Waals surface area contributed by atoms with E-state index in [1.807, 2.05) is 97.1 Å². The molecule has 0 spiro atoms. The minimum Gasteiger partial charge on any atom is -0.443 e. The van der Waals surface area contributed by atoms with Gasteiger partial charge in [-0.15, -0.1) is 5.16 Å². The smallest absolute Gasteiger partial charge is 0.354 e. The Labute approximate surface area is 292 Å². The van der Waals surface area contributed by atoms with Crippen LogP contribution >= 0.6 is 0 Å². The third kappa shape index (κ3) is 11.2. The number of nitrogens with zero attached hydrogens (tertiary/aromatic N) is 1. The van der Waals surface area contributed by atoms with E-state index in [9.17, 15) is 8.42 Å². The SMILES string of the molecule is COCO[C@H](C=NO[Si](c1ccccc1)(c1ccccc1)C(C)(C)C)[C@H](OCc1ccccc1)[C@H](COCc1ccccc1)OS(C)(=O)=O. The fourth-order valence-corrected chi connectivity index (χ4v) is 10.3. The molecule has 0 N–H and O–H groups in total. The Morgan fingerprint density at radius 3 is 1.69 bits per heavy atom. The molecule has 0 aromatic heterocycles. The van der Waals surface area contributed by atoms with Crippen molar-refractivity contribution in [3.8, 4) is 0 Å². The molecular formula is C38H47NO8SSi. The summed E-state index contributed by atoms with van der Waals surface area (Å²) in [6.45, 7) is 6.60. The van der Waals surface area contributed by atoms with Crippen molar-refractivity contribution in [3.05, 3.63) is 132 Å². The standard InChI is InChI=1S/C38H47NO8SSi/c1-38(2,3)49(33-22-14-8-15-23-33,34-24-16-9-17-25-34)47-39-26-35(45-30-42-4)37(44-28-32-20-12-7-13-21-32)36(46-48(5,40)41)29-43-27-31-18-10-6-11-19-31/h6-26,35-37H,27-30H2,1-5H3/t35-,36+,37+/m1/s1. The molecule has 0 bridgehead atoms. The van der Waals surface area contributed by atoms with Gasteiger partial charge >= 0.3 is 8.32 Å². The predicted molar refractivity (Wildman–Crippen MR) is 195 cm³/mol. The van der Waals surface area contributed by atoms with Crippen molar-refractivity contribution in [2.24, 2.45) is 5.16 Å². The van der Waals surface area contributed by atoms with Gasteiger partial charge in [0.15, 0.2) is 0 Å². The van der Waals surface area contributed by atoms with Crippen molar-refractivity contribution in [3.63, 3.8) is 0 Å². The van der Waals surface area contributed by atoms with Crippen LogP contribution in [0.3, 0.4) is 0 Å². The number of rotatable bonds is 19. The highest BCUT2D eigenvalue weighted by Crippen LogP contribution is 2.37. The van der Waals surface area contributed by atoms with Crippen LogP contribution in [-0.4, -0.2) is 68.0 Å². The van der Waals surface area contributed by atoms with E-state index in [2.05, 4.69) is 50.2 Å². The lowest BCUT2D eigenvalue weighted by atomic mass is 10.1. The summed E-state index contributed by atoms with van der Waals surface area (Å²) in [4.78, 5) is 0. The fourth-order valence-electron chi connectivity index (χ4n) is 5.61. The maximum absolute atomic E-state index is 12.6. The predicted octanol–water partition coefficient (Wildman–Crippen LogP) is 5.68. The van der Waals surface area contributed by atoms with Gasteiger partial charge < -0.3 is 23.5 Å². The lowest BCUT2D eigenvalue weighted by Gasteiger charge is -2.40. The normalized spacial score (nSPS) is 14.4. The second-order valence-electron chi connectivity index (χ2n) is 12.6. The Morgan fingerprint density at radius 1 is 0.735 bits per heavy atom. The van der Waals surface area contributed by atoms with Gasteiger partial charge in [-0.05, 0) is 21.5 Å². The van der Waals surface area contributed by atoms with Gasteiger partial charge in [-0.3, -0.25) is 4.18 Å². The van der Waals surface area contributed by atoms with Crippen LogP contribution < -0.4 is 10.4 Å². The maximum atomic E-state index is 12.6. The van der Waals surface area contributed by atoms with Crippen molar-refractivity contribution in [1.29, 1.82) is 0 Å². The third-order valence-electron chi connectivity index (χ3n) is 7.86. The first kappa shape index (κ1) is 38.1. The topological polar surface area (TPSA) is 102 Å². The molecule has 4 aromatic carbocycles. The van der Waals surface area contributed by atoms with Gasteiger partial charge in [-0.1, -0.05) is 142 Å². The van der Waals surface area contributed by atoms with Gasteiger partial charge in [0.1, 0.15) is 25.1 Å². The molecular weight excluding hydrogens is 659 g/mol. The van der Waals surface area contributed by atoms with Crippen LogP contribution in [0.2, 0.25) is 5.04 Å². The van der Waals surface area contributed by atoms with Gasteiger partial charge in [-0.2, -0.15) is 8.42 Å². The van der Waals surface area contributed by atoms with Crippen molar-refractivity contribution in [2.75, 3.05) is 26.8 Å². The average Bonchev–Trinajstić information content (AvgIpc) is 3.09. The summed E-state index contributed by atoms with van der Waals surface area (Å²) in [5, 5.41) is 6.38. The Morgan fingerprint density at radius 2 is 1.22 bits per heavy atom. The molecule has 11 heteroatoms. The van der Waals surface area contributed by atoms with E-state index in [0.717, 1.165) is 27.8 Å². The molecule has 0 saturated heterocycles. The van der Waals surface area contributed by atoms with E-state index in [1.54, 1.807) is 0 Å². The lowest BCUT2D eigenvalue weighted by Crippen LogP contribution is -2.65. The van der Waals surface area contributed by atoms with Gasteiger partial charge in [0.2, 0.25) is 0 Å². The quantitative estimate of drug-likeness (QED) is 0.0404. The van der Waals surface area contributed by atoms with Crippen molar-refractivity contribution in [2.45, 2.75) is 57.3 Å². The average molecular weight is 706 g/mol. The van der Waals surface area contributed by atoms with E-state index in [-0.39, 0.29) is 31.7 Å². The molecule has 4 rings (SSSR count). The molecule has 49 heavy (non-hydrogen) atoms. The molecule has 0 fully saturated rings. The first-order chi connectivity index (χ1) is 23.5. The lowest BCUT2D eigenvalue weighted by molar-refractivity contribution is -0.142. The third-order valence-corrected chi connectivity index (χ3v) is 13.2. The number of benzene rings is 4. The molecule has 4 aromatic rings. The van der Waals surface area contributed by atoms with E-state index in [4.69, 9.17) is 27.7 Å². The zero-order valence-electron chi connectivity index (χ0n) is 28.8. The molecule has 3 atom stereocenters. The molecule has 9 nitrogen and oxygen atoms in total. The maximum Gasteiger partial charge on any atom is 0.354 e. The Hall–Kier alpha value is -3.68. The number of hydrogen-bond donors (Lipinski definition) is 0. The van der Waals surface area contributed by atoms with Crippen LogP contribution in [0.4, 0.5) is 0 Å². The van der Waals surface area contributed by atoms with Crippen LogP contribution in [0.25, 0.3) is 0 Å². The zero-order valence-corrected chi connectivity index (χ0v) is 30.6. The fraction of sp³-hybridized carbons (Fsp3) is 0.342. The first-order valence-corrected chi connectivity index (χ1v) is 19.8. The molecule has 0 saturated carbocycles. The van der Waals surface area contributed by atoms with E-state index in [1.165, 1.54) is 13.3 Å². The van der Waals surface area contributed by atoms with Crippen molar-refractivity contribution < 1.29 is 36.1 Å². The number of methoxy groups -OCH3 is 1. The summed E-state index contributed by atoms with van der Waals surface area (Å²) in [6, 6.07) is 39.4. The highest BCUT2D eigenvalue weighted by molar-refractivity contribution is 7.86. The number of oxime groups is 1. The van der Waals surface area contributed by atoms with Crippen LogP contribution in [0, 0.1) is 0 Å². The minimum absolute atomic E-state index is 0.113. The van der Waals surface area contributed by atoms with Crippen LogP contribution in [-0.2, 0) is 51.0 Å². The van der Waals surface area contributed by atoms with Gasteiger partial charge in [-0.25, -0.2) is 0 Å². The van der Waals surface area contributed by atoms with E-state index < -0.39 is 36.7 Å². The summed E-state index contributed by atoms with van der Waals surface area (Å²) in [6.07, 6.45) is -0.578. The van der Waals surface area contributed by atoms with Gasteiger partial charge in [0.25, 0.3) is 10.1 Å². The van der Waals surface area contributed by atoms with Crippen LogP contribution in [0.5, 0.6) is 0 Å². The second-order valence-corrected chi connectivity index (χ2v) is 18.4. The molecule has 0 radical (unpaired) electrons. The Bertz CT molecular complexity index is 1610. The Balaban J connectivity index is 1.73. The molecule has 0 aliphatic carbocycles. The summed E-state index contributed by atoms with van der Waals surface area (Å²) >= 11 is 0. The highest BCUT2D eigenvalue weighted by atomic mass is 32.2. The molecule has 262 valence electrons. The second kappa shape index (κ2) is 18.3. The first-order valence-electron chi connectivity index (χ1n) is 16.1. The molecule has 0 amide bonds. The molecule has 0 heterocycles. The summed E-state index contributed by atoms with van der Waals surface area (Å²) < 4.78 is 61.4.